The van der Waals surface area contributed by atoms with Gasteiger partial charge in [0.1, 0.15) is 11.0 Å². The van der Waals surface area contributed by atoms with E-state index in [-0.39, 0.29) is 16.6 Å². The molecule has 1 amide bonds. The lowest BCUT2D eigenvalue weighted by Gasteiger charge is -2.47. The summed E-state index contributed by atoms with van der Waals surface area (Å²) < 4.78 is 31.5. The number of esters is 1. The van der Waals surface area contributed by atoms with E-state index < -0.39 is 27.5 Å². The van der Waals surface area contributed by atoms with Gasteiger partial charge in [-0.2, -0.15) is 0 Å². The summed E-state index contributed by atoms with van der Waals surface area (Å²) in [7, 11) is -3.55. The van der Waals surface area contributed by atoms with Crippen LogP contribution in [0.25, 0.3) is 0 Å². The highest BCUT2D eigenvalue weighted by molar-refractivity contribution is 7.90. The van der Waals surface area contributed by atoms with Gasteiger partial charge in [0.05, 0.1) is 30.7 Å². The van der Waals surface area contributed by atoms with Crippen LogP contribution in [0.3, 0.4) is 0 Å². The number of ether oxygens (including phenoxy) is 1. The predicted molar refractivity (Wildman–Crippen MR) is 152 cm³/mol. The third-order valence-electron chi connectivity index (χ3n) is 9.36. The molecule has 4 aliphatic heterocycles. The zero-order valence-electron chi connectivity index (χ0n) is 22.8. The van der Waals surface area contributed by atoms with E-state index in [1.165, 1.54) is 55.4 Å². The lowest BCUT2D eigenvalue weighted by Crippen LogP contribution is -2.60. The second-order valence-corrected chi connectivity index (χ2v) is 13.2. The van der Waals surface area contributed by atoms with Gasteiger partial charge in [-0.15, -0.1) is 0 Å². The molecule has 1 spiro atoms. The zero-order valence-corrected chi connectivity index (χ0v) is 23.6. The molecule has 0 aromatic heterocycles. The van der Waals surface area contributed by atoms with Crippen molar-refractivity contribution < 1.29 is 32.3 Å². The van der Waals surface area contributed by atoms with Crippen molar-refractivity contribution >= 4 is 21.9 Å². The number of amides is 1. The number of hydrogen-bond acceptors (Lipinski definition) is 6. The highest BCUT2D eigenvalue weighted by Gasteiger charge is 2.56. The second kappa shape index (κ2) is 10.7. The number of carbonyl (C=O) groups is 2. The SMILES string of the molecule is O=C(OC1C[C@H]2CC[C@@H](C1)[N+]21CCCC1)C(O)(c1ccccc1)c1ccccc1.O=C1NS(=O)(=O)c2ccccc21. The minimum Gasteiger partial charge on any atom is -0.459 e. The molecule has 41 heavy (non-hydrogen) atoms. The summed E-state index contributed by atoms with van der Waals surface area (Å²) in [6, 6.07) is 25.7. The van der Waals surface area contributed by atoms with Crippen LogP contribution in [-0.2, 0) is 25.2 Å². The molecule has 7 rings (SSSR count). The Labute approximate surface area is 240 Å². The average Bonchev–Trinajstić information content (AvgIpc) is 3.61. The van der Waals surface area contributed by atoms with Gasteiger partial charge in [0.2, 0.25) is 5.60 Å². The van der Waals surface area contributed by atoms with Crippen molar-refractivity contribution in [1.82, 2.24) is 4.72 Å². The first-order valence-corrected chi connectivity index (χ1v) is 15.8. The normalized spacial score (nSPS) is 25.1. The van der Waals surface area contributed by atoms with E-state index in [2.05, 4.69) is 0 Å². The lowest BCUT2D eigenvalue weighted by molar-refractivity contribution is -0.956. The van der Waals surface area contributed by atoms with Crippen molar-refractivity contribution in [3.05, 3.63) is 102 Å². The minimum absolute atomic E-state index is 0.0648. The molecule has 4 heterocycles. The van der Waals surface area contributed by atoms with Crippen molar-refractivity contribution in [2.75, 3.05) is 13.1 Å². The molecule has 0 aliphatic carbocycles. The largest absolute Gasteiger partial charge is 0.459 e. The summed E-state index contributed by atoms with van der Waals surface area (Å²) in [5.41, 5.74) is -0.451. The molecule has 3 aromatic carbocycles. The highest BCUT2D eigenvalue weighted by atomic mass is 32.2. The second-order valence-electron chi connectivity index (χ2n) is 11.5. The van der Waals surface area contributed by atoms with Crippen LogP contribution in [0.15, 0.2) is 89.8 Å². The first-order chi connectivity index (χ1) is 19.7. The summed E-state index contributed by atoms with van der Waals surface area (Å²) in [6.45, 7) is 2.60. The van der Waals surface area contributed by atoms with Crippen LogP contribution in [0.1, 0.15) is 60.0 Å². The van der Waals surface area contributed by atoms with Crippen molar-refractivity contribution in [2.24, 2.45) is 0 Å². The summed E-state index contributed by atoms with van der Waals surface area (Å²) in [5.74, 6) is -1.10. The number of benzene rings is 3. The molecule has 1 unspecified atom stereocenters. The third kappa shape index (κ3) is 4.86. The molecule has 3 aromatic rings. The third-order valence-corrected chi connectivity index (χ3v) is 10.7. The van der Waals surface area contributed by atoms with Gasteiger partial charge in [-0.1, -0.05) is 72.8 Å². The number of quaternary nitrogens is 1. The molecular formula is C32H35N2O6S+. The smallest absolute Gasteiger partial charge is 0.347 e. The summed E-state index contributed by atoms with van der Waals surface area (Å²) in [6.07, 6.45) is 6.94. The first kappa shape index (κ1) is 27.6. The van der Waals surface area contributed by atoms with Gasteiger partial charge in [0, 0.05) is 38.5 Å². The van der Waals surface area contributed by atoms with Gasteiger partial charge >= 0.3 is 5.97 Å². The monoisotopic (exact) mass is 575 g/mol. The molecule has 2 N–H and O–H groups in total. The van der Waals surface area contributed by atoms with E-state index in [9.17, 15) is 23.1 Å². The molecule has 3 fully saturated rings. The maximum absolute atomic E-state index is 13.4. The van der Waals surface area contributed by atoms with Gasteiger partial charge in [-0.25, -0.2) is 17.9 Å². The number of rotatable bonds is 4. The zero-order chi connectivity index (χ0) is 28.7. The molecule has 9 heteroatoms. The standard InChI is InChI=1S/C25H30NO3.C7H5NO3S/c27-24(25(28,19-9-3-1-4-10-19)20-11-5-2-6-12-20)29-23-17-21-13-14-22(18-23)26(21)15-7-8-16-26;9-7-5-3-1-2-4-6(5)12(10,11)8-7/h1-6,9-12,21-23,28H,7-8,13-18H2;1-4H,(H,8,9)/q+1;/t21-,22+,23?;. The van der Waals surface area contributed by atoms with Crippen molar-refractivity contribution in [1.29, 1.82) is 0 Å². The van der Waals surface area contributed by atoms with Crippen LogP contribution in [0.2, 0.25) is 0 Å². The lowest BCUT2D eigenvalue weighted by atomic mass is 9.86. The van der Waals surface area contributed by atoms with E-state index in [1.807, 2.05) is 41.1 Å². The van der Waals surface area contributed by atoms with Crippen LogP contribution in [0.5, 0.6) is 0 Å². The molecule has 8 nitrogen and oxygen atoms in total. The molecule has 0 radical (unpaired) electrons. The molecule has 3 atom stereocenters. The maximum Gasteiger partial charge on any atom is 0.347 e. The van der Waals surface area contributed by atoms with E-state index in [1.54, 1.807) is 36.4 Å². The van der Waals surface area contributed by atoms with Gasteiger partial charge < -0.3 is 14.3 Å². The van der Waals surface area contributed by atoms with Gasteiger partial charge in [-0.3, -0.25) is 4.79 Å². The molecule has 3 saturated heterocycles. The number of carbonyl (C=O) groups excluding carboxylic acids is 2. The summed E-state index contributed by atoms with van der Waals surface area (Å²) >= 11 is 0. The molecule has 2 bridgehead atoms. The Morgan fingerprint density at radius 1 is 0.829 bits per heavy atom. The van der Waals surface area contributed by atoms with Crippen molar-refractivity contribution in [3.8, 4) is 0 Å². The topological polar surface area (TPSA) is 110 Å². The van der Waals surface area contributed by atoms with Crippen molar-refractivity contribution in [2.45, 2.75) is 67.2 Å². The summed E-state index contributed by atoms with van der Waals surface area (Å²) in [5, 5.41) is 11.6. The Morgan fingerprint density at radius 3 is 1.88 bits per heavy atom. The van der Waals surface area contributed by atoms with Crippen LogP contribution in [0, 0.1) is 0 Å². The molecule has 0 saturated carbocycles. The van der Waals surface area contributed by atoms with Crippen LogP contribution in [-0.4, -0.2) is 61.2 Å². The van der Waals surface area contributed by atoms with Crippen LogP contribution < -0.4 is 4.72 Å². The predicted octanol–water partition coefficient (Wildman–Crippen LogP) is 3.89. The number of nitrogens with zero attached hydrogens (tertiary/aromatic N) is 1. The Hall–Kier alpha value is -3.53. The first-order valence-electron chi connectivity index (χ1n) is 14.3. The van der Waals surface area contributed by atoms with E-state index in [0.29, 0.717) is 23.2 Å². The van der Waals surface area contributed by atoms with Crippen molar-refractivity contribution in [3.63, 3.8) is 0 Å². The van der Waals surface area contributed by atoms with Gasteiger partial charge in [0.15, 0.2) is 0 Å². The maximum atomic E-state index is 13.4. The van der Waals surface area contributed by atoms with Crippen LogP contribution in [0.4, 0.5) is 0 Å². The fourth-order valence-electron chi connectivity index (χ4n) is 7.42. The van der Waals surface area contributed by atoms with Crippen LogP contribution >= 0.6 is 0 Å². The molecule has 4 aliphatic rings. The molecule has 214 valence electrons. The van der Waals surface area contributed by atoms with E-state index in [0.717, 1.165) is 12.8 Å². The molecular weight excluding hydrogens is 540 g/mol. The fraction of sp³-hybridized carbons (Fsp3) is 0.375. The quantitative estimate of drug-likeness (QED) is 0.361. The highest BCUT2D eigenvalue weighted by Crippen LogP contribution is 2.46. The number of fused-ring (bicyclic) bond motifs is 1. The van der Waals surface area contributed by atoms with E-state index in [4.69, 9.17) is 4.74 Å². The Balaban J connectivity index is 0.000000210. The van der Waals surface area contributed by atoms with E-state index >= 15 is 0 Å². The number of nitrogens with one attached hydrogen (secondary N) is 1. The number of aliphatic hydroxyl groups is 1. The summed E-state index contributed by atoms with van der Waals surface area (Å²) in [4.78, 5) is 24.5. The Morgan fingerprint density at radius 2 is 1.34 bits per heavy atom. The Kier molecular flexibility index (Phi) is 7.21. The minimum atomic E-state index is -3.55. The van der Waals surface area contributed by atoms with Gasteiger partial charge in [0.25, 0.3) is 15.9 Å². The number of piperidine rings is 1. The Bertz CT molecular complexity index is 1480. The number of hydrogen-bond donors (Lipinski definition) is 2. The number of sulfonamides is 1. The fourth-order valence-corrected chi connectivity index (χ4v) is 8.60. The average molecular weight is 576 g/mol. The van der Waals surface area contributed by atoms with Gasteiger partial charge in [-0.05, 0) is 23.3 Å².